The van der Waals surface area contributed by atoms with Gasteiger partial charge in [0.25, 0.3) is 0 Å². The van der Waals surface area contributed by atoms with Gasteiger partial charge in [-0.2, -0.15) is 0 Å². The van der Waals surface area contributed by atoms with Gasteiger partial charge in [-0.25, -0.2) is 4.39 Å². The summed E-state index contributed by atoms with van der Waals surface area (Å²) in [4.78, 5) is 11.8. The van der Waals surface area contributed by atoms with E-state index in [1.54, 1.807) is 6.07 Å². The Hall–Kier alpha value is -1.90. The highest BCUT2D eigenvalue weighted by Crippen LogP contribution is 2.18. The van der Waals surface area contributed by atoms with Gasteiger partial charge in [0.15, 0.2) is 0 Å². The van der Waals surface area contributed by atoms with Crippen LogP contribution < -0.4 is 11.1 Å². The van der Waals surface area contributed by atoms with E-state index in [0.29, 0.717) is 25.3 Å². The molecule has 5 heteroatoms. The first-order valence-corrected chi connectivity index (χ1v) is 6.08. The van der Waals surface area contributed by atoms with Gasteiger partial charge in [0, 0.05) is 12.3 Å². The number of carbonyl (C=O) groups excluding carboxylic acids is 1. The van der Waals surface area contributed by atoms with E-state index in [-0.39, 0.29) is 23.9 Å². The zero-order valence-corrected chi connectivity index (χ0v) is 10.4. The fourth-order valence-corrected chi connectivity index (χ4v) is 1.83. The van der Waals surface area contributed by atoms with Gasteiger partial charge in [-0.15, -0.1) is 0 Å². The molecule has 1 aromatic rings. The number of anilines is 1. The van der Waals surface area contributed by atoms with Gasteiger partial charge in [-0.3, -0.25) is 4.79 Å². The monoisotopic (exact) mass is 262 g/mol. The second-order valence-electron chi connectivity index (χ2n) is 4.25. The zero-order chi connectivity index (χ0) is 13.7. The normalized spacial score (nSPS) is 17.7. The van der Waals surface area contributed by atoms with Crippen LogP contribution in [0.2, 0.25) is 0 Å². The van der Waals surface area contributed by atoms with Crippen LogP contribution >= 0.6 is 0 Å². The molecule has 1 unspecified atom stereocenters. The van der Waals surface area contributed by atoms with E-state index in [0.717, 1.165) is 0 Å². The smallest absolute Gasteiger partial charge is 0.229 e. The Kier molecular flexibility index (Phi) is 4.50. The number of benzene rings is 1. The highest BCUT2D eigenvalue weighted by atomic mass is 19.1. The van der Waals surface area contributed by atoms with Crippen LogP contribution in [0.15, 0.2) is 18.2 Å². The van der Waals surface area contributed by atoms with Gasteiger partial charge >= 0.3 is 0 Å². The third-order valence-electron chi connectivity index (χ3n) is 2.86. The minimum atomic E-state index is -0.471. The van der Waals surface area contributed by atoms with Crippen LogP contribution in [0.25, 0.3) is 0 Å². The Labute approximate surface area is 111 Å². The van der Waals surface area contributed by atoms with Gasteiger partial charge in [-0.1, -0.05) is 11.8 Å². The van der Waals surface area contributed by atoms with Crippen molar-refractivity contribution in [3.63, 3.8) is 0 Å². The molecule has 1 fully saturated rings. The standard InChI is InChI=1S/C14H15FN2O2/c15-13-8-12(4-3-10(13)2-1-6-16)17-14(18)11-5-7-19-9-11/h3-4,8,11H,5-7,9,16H2,(H,17,18). The van der Waals surface area contributed by atoms with Gasteiger partial charge in [0.05, 0.1) is 24.6 Å². The molecule has 1 aliphatic rings. The van der Waals surface area contributed by atoms with E-state index in [1.807, 2.05) is 0 Å². The van der Waals surface area contributed by atoms with Crippen molar-refractivity contribution in [3.05, 3.63) is 29.6 Å². The molecule has 3 N–H and O–H groups in total. The maximum absolute atomic E-state index is 13.7. The van der Waals surface area contributed by atoms with Crippen LogP contribution in [0.4, 0.5) is 10.1 Å². The number of carbonyl (C=O) groups is 1. The molecule has 1 aliphatic heterocycles. The maximum Gasteiger partial charge on any atom is 0.229 e. The number of hydrogen-bond donors (Lipinski definition) is 2. The third kappa shape index (κ3) is 3.53. The second-order valence-corrected chi connectivity index (χ2v) is 4.25. The van der Waals surface area contributed by atoms with Gasteiger partial charge in [-0.05, 0) is 24.6 Å². The van der Waals surface area contributed by atoms with Crippen molar-refractivity contribution in [1.82, 2.24) is 0 Å². The van der Waals surface area contributed by atoms with Gasteiger partial charge < -0.3 is 15.8 Å². The summed E-state index contributed by atoms with van der Waals surface area (Å²) < 4.78 is 18.8. The van der Waals surface area contributed by atoms with Gasteiger partial charge in [0.2, 0.25) is 5.91 Å². The Morgan fingerprint density at radius 3 is 3.05 bits per heavy atom. The summed E-state index contributed by atoms with van der Waals surface area (Å²) in [6, 6.07) is 4.41. The summed E-state index contributed by atoms with van der Waals surface area (Å²) in [6.45, 7) is 1.20. The lowest BCUT2D eigenvalue weighted by Crippen LogP contribution is -2.22. The van der Waals surface area contributed by atoms with Crippen LogP contribution in [-0.2, 0) is 9.53 Å². The second kappa shape index (κ2) is 6.32. The number of halogens is 1. The molecular weight excluding hydrogens is 247 g/mol. The van der Waals surface area contributed by atoms with E-state index in [4.69, 9.17) is 10.5 Å². The first-order chi connectivity index (χ1) is 9.20. The number of nitrogens with one attached hydrogen (secondary N) is 1. The number of nitrogens with two attached hydrogens (primary N) is 1. The zero-order valence-electron chi connectivity index (χ0n) is 10.4. The molecule has 1 amide bonds. The van der Waals surface area contributed by atoms with Crippen molar-refractivity contribution in [3.8, 4) is 11.8 Å². The predicted molar refractivity (Wildman–Crippen MR) is 69.9 cm³/mol. The first-order valence-electron chi connectivity index (χ1n) is 6.08. The van der Waals surface area contributed by atoms with Crippen molar-refractivity contribution < 1.29 is 13.9 Å². The summed E-state index contributed by atoms with van der Waals surface area (Å²) in [5.41, 5.74) is 5.92. The molecule has 19 heavy (non-hydrogen) atoms. The minimum absolute atomic E-state index is 0.141. The van der Waals surface area contributed by atoms with Crippen LogP contribution in [0, 0.1) is 23.6 Å². The van der Waals surface area contributed by atoms with Crippen molar-refractivity contribution >= 4 is 11.6 Å². The summed E-state index contributed by atoms with van der Waals surface area (Å²) in [5, 5.41) is 2.68. The Bertz CT molecular complexity index is 528. The quantitative estimate of drug-likeness (QED) is 0.785. The molecule has 100 valence electrons. The van der Waals surface area contributed by atoms with Crippen molar-refractivity contribution in [2.45, 2.75) is 6.42 Å². The van der Waals surface area contributed by atoms with Crippen LogP contribution in [0.1, 0.15) is 12.0 Å². The number of hydrogen-bond acceptors (Lipinski definition) is 3. The molecule has 1 aromatic carbocycles. The van der Waals surface area contributed by atoms with E-state index in [9.17, 15) is 9.18 Å². The molecule has 1 atom stereocenters. The molecule has 0 bridgehead atoms. The fraction of sp³-hybridized carbons (Fsp3) is 0.357. The summed E-state index contributed by atoms with van der Waals surface area (Å²) in [5.74, 6) is 4.44. The van der Waals surface area contributed by atoms with Crippen LogP contribution in [0.5, 0.6) is 0 Å². The van der Waals surface area contributed by atoms with E-state index < -0.39 is 5.82 Å². The molecule has 0 spiro atoms. The van der Waals surface area contributed by atoms with E-state index in [1.165, 1.54) is 12.1 Å². The first kappa shape index (κ1) is 13.5. The minimum Gasteiger partial charge on any atom is -0.381 e. The topological polar surface area (TPSA) is 64.3 Å². The Balaban J connectivity index is 2.05. The molecule has 1 saturated heterocycles. The molecule has 1 heterocycles. The van der Waals surface area contributed by atoms with E-state index >= 15 is 0 Å². The Morgan fingerprint density at radius 2 is 2.42 bits per heavy atom. The van der Waals surface area contributed by atoms with Crippen LogP contribution in [0.3, 0.4) is 0 Å². The fourth-order valence-electron chi connectivity index (χ4n) is 1.83. The molecule has 2 rings (SSSR count). The lowest BCUT2D eigenvalue weighted by molar-refractivity contribution is -0.119. The highest BCUT2D eigenvalue weighted by molar-refractivity contribution is 5.92. The van der Waals surface area contributed by atoms with Crippen molar-refractivity contribution in [2.75, 3.05) is 25.1 Å². The molecule has 0 aromatic heterocycles. The number of ether oxygens (including phenoxy) is 1. The predicted octanol–water partition coefficient (Wildman–Crippen LogP) is 1.11. The van der Waals surface area contributed by atoms with Gasteiger partial charge in [0.1, 0.15) is 5.82 Å². The summed E-state index contributed by atoms with van der Waals surface area (Å²) >= 11 is 0. The molecular formula is C14H15FN2O2. The van der Waals surface area contributed by atoms with E-state index in [2.05, 4.69) is 17.2 Å². The molecule has 0 aliphatic carbocycles. The summed E-state index contributed by atoms with van der Waals surface area (Å²) in [7, 11) is 0. The molecule has 0 radical (unpaired) electrons. The molecule has 4 nitrogen and oxygen atoms in total. The lowest BCUT2D eigenvalue weighted by atomic mass is 10.1. The molecule has 0 saturated carbocycles. The van der Waals surface area contributed by atoms with Crippen LogP contribution in [-0.4, -0.2) is 25.7 Å². The van der Waals surface area contributed by atoms with Crippen molar-refractivity contribution in [2.24, 2.45) is 11.7 Å². The lowest BCUT2D eigenvalue weighted by Gasteiger charge is -2.09. The average molecular weight is 262 g/mol. The summed E-state index contributed by atoms with van der Waals surface area (Å²) in [6.07, 6.45) is 0.703. The average Bonchev–Trinajstić information content (AvgIpc) is 2.92. The largest absolute Gasteiger partial charge is 0.381 e. The SMILES string of the molecule is NCC#Cc1ccc(NC(=O)C2CCOC2)cc1F. The maximum atomic E-state index is 13.7. The third-order valence-corrected chi connectivity index (χ3v) is 2.86. The number of rotatable bonds is 2. The van der Waals surface area contributed by atoms with Crippen molar-refractivity contribution in [1.29, 1.82) is 0 Å². The highest BCUT2D eigenvalue weighted by Gasteiger charge is 2.23. The Morgan fingerprint density at radius 1 is 1.58 bits per heavy atom. The number of amides is 1.